The van der Waals surface area contributed by atoms with Crippen molar-refractivity contribution in [2.45, 2.75) is 51.5 Å². The maximum atomic E-state index is 9.92. The van der Waals surface area contributed by atoms with Crippen molar-refractivity contribution in [2.75, 3.05) is 13.7 Å². The summed E-state index contributed by atoms with van der Waals surface area (Å²) in [5, 5.41) is 14.3. The van der Waals surface area contributed by atoms with Gasteiger partial charge in [0.2, 0.25) is 0 Å². The van der Waals surface area contributed by atoms with Crippen molar-refractivity contribution in [1.29, 1.82) is 0 Å². The van der Waals surface area contributed by atoms with E-state index in [0.29, 0.717) is 19.0 Å². The molecular weight excluding hydrogens is 234 g/mol. The van der Waals surface area contributed by atoms with Gasteiger partial charge in [-0.3, -0.25) is 0 Å². The molecule has 1 saturated heterocycles. The van der Waals surface area contributed by atoms with Crippen molar-refractivity contribution >= 4 is 0 Å². The molecule has 2 rings (SSSR count). The van der Waals surface area contributed by atoms with Crippen LogP contribution in [0, 0.1) is 0 Å². The van der Waals surface area contributed by atoms with Gasteiger partial charge in [-0.2, -0.15) is 5.10 Å². The van der Waals surface area contributed by atoms with Crippen LogP contribution in [0.2, 0.25) is 0 Å². The average molecular weight is 255 g/mol. The minimum absolute atomic E-state index is 0.00884. The highest BCUT2D eigenvalue weighted by Crippen LogP contribution is 2.27. The topological polar surface area (TPSA) is 69.4 Å². The van der Waals surface area contributed by atoms with Gasteiger partial charge in [0.15, 0.2) is 11.6 Å². The monoisotopic (exact) mass is 255 g/mol. The Bertz CT molecular complexity index is 392. The number of rotatable bonds is 5. The van der Waals surface area contributed by atoms with Crippen LogP contribution in [-0.2, 0) is 22.6 Å². The Morgan fingerprint density at radius 1 is 1.56 bits per heavy atom. The Morgan fingerprint density at radius 3 is 2.89 bits per heavy atom. The minimum Gasteiger partial charge on any atom is -0.389 e. The lowest BCUT2D eigenvalue weighted by Gasteiger charge is -2.19. The van der Waals surface area contributed by atoms with Crippen LogP contribution in [0.3, 0.4) is 0 Å². The van der Waals surface area contributed by atoms with Crippen LogP contribution in [0.4, 0.5) is 0 Å². The van der Waals surface area contributed by atoms with Crippen LogP contribution in [-0.4, -0.2) is 39.2 Å². The van der Waals surface area contributed by atoms with Crippen molar-refractivity contribution in [3.8, 4) is 0 Å². The molecule has 6 nitrogen and oxygen atoms in total. The van der Waals surface area contributed by atoms with Crippen LogP contribution in [0.1, 0.15) is 44.4 Å². The molecular formula is C12H21N3O3. The normalized spacial score (nSPS) is 20.6. The van der Waals surface area contributed by atoms with E-state index in [1.807, 2.05) is 0 Å². The van der Waals surface area contributed by atoms with E-state index in [9.17, 15) is 5.11 Å². The van der Waals surface area contributed by atoms with Gasteiger partial charge in [-0.05, 0) is 26.7 Å². The first-order valence-electron chi connectivity index (χ1n) is 6.26. The Balaban J connectivity index is 2.23. The number of methoxy groups -OCH3 is 1. The molecule has 1 N–H and O–H groups in total. The van der Waals surface area contributed by atoms with Crippen LogP contribution in [0.15, 0.2) is 0 Å². The molecule has 1 unspecified atom stereocenters. The molecule has 0 aliphatic carbocycles. The fourth-order valence-electron chi connectivity index (χ4n) is 2.10. The first-order chi connectivity index (χ1) is 8.49. The lowest BCUT2D eigenvalue weighted by molar-refractivity contribution is 0.0492. The number of aromatic nitrogens is 3. The minimum atomic E-state index is -0.828. The third-order valence-electron chi connectivity index (χ3n) is 2.77. The first kappa shape index (κ1) is 13.5. The van der Waals surface area contributed by atoms with Crippen molar-refractivity contribution < 1.29 is 14.6 Å². The molecule has 0 saturated carbocycles. The van der Waals surface area contributed by atoms with E-state index in [-0.39, 0.29) is 6.10 Å². The molecule has 0 aromatic carbocycles. The number of hydrogen-bond acceptors (Lipinski definition) is 5. The molecule has 1 fully saturated rings. The maximum Gasteiger partial charge on any atom is 0.176 e. The predicted molar refractivity (Wildman–Crippen MR) is 65.0 cm³/mol. The van der Waals surface area contributed by atoms with Gasteiger partial charge in [0, 0.05) is 13.7 Å². The summed E-state index contributed by atoms with van der Waals surface area (Å²) in [7, 11) is 1.61. The third kappa shape index (κ3) is 3.28. The molecule has 1 aliphatic rings. The van der Waals surface area contributed by atoms with E-state index in [1.165, 1.54) is 0 Å². The van der Waals surface area contributed by atoms with Gasteiger partial charge < -0.3 is 14.6 Å². The standard InChI is InChI=1S/C12H21N3O3/c1-12(2,16)8-15-11(9-5-4-6-18-9)13-10(14-15)7-17-3/h9,16H,4-8H2,1-3H3. The van der Waals surface area contributed by atoms with Gasteiger partial charge in [-0.1, -0.05) is 0 Å². The summed E-state index contributed by atoms with van der Waals surface area (Å²) < 4.78 is 12.4. The van der Waals surface area contributed by atoms with E-state index in [0.717, 1.165) is 25.3 Å². The highest BCUT2D eigenvalue weighted by molar-refractivity contribution is 4.99. The molecule has 0 spiro atoms. The zero-order valence-corrected chi connectivity index (χ0v) is 11.2. The van der Waals surface area contributed by atoms with E-state index in [4.69, 9.17) is 9.47 Å². The van der Waals surface area contributed by atoms with Crippen LogP contribution in [0.25, 0.3) is 0 Å². The van der Waals surface area contributed by atoms with Crippen molar-refractivity contribution in [3.05, 3.63) is 11.6 Å². The molecule has 6 heteroatoms. The molecule has 1 aromatic heterocycles. The first-order valence-corrected chi connectivity index (χ1v) is 6.26. The number of nitrogens with zero attached hydrogens (tertiary/aromatic N) is 3. The summed E-state index contributed by atoms with van der Waals surface area (Å²) in [4.78, 5) is 4.46. The second-order valence-electron chi connectivity index (χ2n) is 5.29. The lowest BCUT2D eigenvalue weighted by Crippen LogP contribution is -2.28. The van der Waals surface area contributed by atoms with Crippen LogP contribution >= 0.6 is 0 Å². The average Bonchev–Trinajstić information content (AvgIpc) is 2.85. The van der Waals surface area contributed by atoms with Gasteiger partial charge >= 0.3 is 0 Å². The van der Waals surface area contributed by atoms with Gasteiger partial charge in [0.25, 0.3) is 0 Å². The number of ether oxygens (including phenoxy) is 2. The van der Waals surface area contributed by atoms with E-state index < -0.39 is 5.60 Å². The maximum absolute atomic E-state index is 9.92. The predicted octanol–water partition coefficient (Wildman–Crippen LogP) is 1.05. The van der Waals surface area contributed by atoms with Crippen molar-refractivity contribution in [3.63, 3.8) is 0 Å². The fourth-order valence-corrected chi connectivity index (χ4v) is 2.10. The van der Waals surface area contributed by atoms with E-state index in [1.54, 1.807) is 25.6 Å². The summed E-state index contributed by atoms with van der Waals surface area (Å²) in [6, 6.07) is 0. The molecule has 1 atom stereocenters. The number of hydrogen-bond donors (Lipinski definition) is 1. The summed E-state index contributed by atoms with van der Waals surface area (Å²) in [6.07, 6.45) is 1.99. The molecule has 0 bridgehead atoms. The molecule has 1 aliphatic heterocycles. The van der Waals surface area contributed by atoms with E-state index >= 15 is 0 Å². The highest BCUT2D eigenvalue weighted by Gasteiger charge is 2.27. The summed E-state index contributed by atoms with van der Waals surface area (Å²) in [6.45, 7) is 5.05. The molecule has 0 amide bonds. The van der Waals surface area contributed by atoms with Crippen LogP contribution < -0.4 is 0 Å². The third-order valence-corrected chi connectivity index (χ3v) is 2.77. The largest absolute Gasteiger partial charge is 0.389 e. The number of aliphatic hydroxyl groups is 1. The zero-order chi connectivity index (χ0) is 13.2. The van der Waals surface area contributed by atoms with Crippen LogP contribution in [0.5, 0.6) is 0 Å². The molecule has 18 heavy (non-hydrogen) atoms. The fraction of sp³-hybridized carbons (Fsp3) is 0.833. The van der Waals surface area contributed by atoms with Gasteiger partial charge in [-0.25, -0.2) is 9.67 Å². The summed E-state index contributed by atoms with van der Waals surface area (Å²) >= 11 is 0. The van der Waals surface area contributed by atoms with Gasteiger partial charge in [0.1, 0.15) is 12.7 Å². The van der Waals surface area contributed by atoms with E-state index in [2.05, 4.69) is 10.1 Å². The van der Waals surface area contributed by atoms with Gasteiger partial charge in [-0.15, -0.1) is 0 Å². The smallest absolute Gasteiger partial charge is 0.176 e. The van der Waals surface area contributed by atoms with Gasteiger partial charge in [0.05, 0.1) is 12.1 Å². The quantitative estimate of drug-likeness (QED) is 0.851. The van der Waals surface area contributed by atoms with Crippen molar-refractivity contribution in [1.82, 2.24) is 14.8 Å². The molecule has 1 aromatic rings. The highest BCUT2D eigenvalue weighted by atomic mass is 16.5. The molecule has 102 valence electrons. The SMILES string of the molecule is COCc1nc(C2CCCO2)n(CC(C)(C)O)n1. The molecule has 2 heterocycles. The summed E-state index contributed by atoms with van der Waals surface area (Å²) in [5.41, 5.74) is -0.828. The Kier molecular flexibility index (Phi) is 3.99. The Labute approximate surface area is 107 Å². The Morgan fingerprint density at radius 2 is 2.33 bits per heavy atom. The van der Waals surface area contributed by atoms with Crippen molar-refractivity contribution in [2.24, 2.45) is 0 Å². The second-order valence-corrected chi connectivity index (χ2v) is 5.29. The zero-order valence-electron chi connectivity index (χ0n) is 11.2. The molecule has 0 radical (unpaired) electrons. The second kappa shape index (κ2) is 5.34. The lowest BCUT2D eigenvalue weighted by atomic mass is 10.1. The summed E-state index contributed by atoms with van der Waals surface area (Å²) in [5.74, 6) is 1.42. The Hall–Kier alpha value is -0.980.